The molecule has 0 amide bonds. The average molecular weight is 239 g/mol. The molecule has 0 fully saturated rings. The molecular formula is C12H17NO4. The first-order chi connectivity index (χ1) is 8.19. The van der Waals surface area contributed by atoms with E-state index in [1.165, 1.54) is 0 Å². The van der Waals surface area contributed by atoms with Gasteiger partial charge in [-0.05, 0) is 11.6 Å². The van der Waals surface area contributed by atoms with Crippen molar-refractivity contribution in [1.29, 1.82) is 0 Å². The summed E-state index contributed by atoms with van der Waals surface area (Å²) in [5.74, 6) is -0.898. The molecule has 3 N–H and O–H groups in total. The van der Waals surface area contributed by atoms with Crippen LogP contribution in [-0.2, 0) is 11.2 Å². The number of aliphatic hydroxyl groups is 2. The largest absolute Gasteiger partial charge is 0.481 e. The molecule has 0 aliphatic rings. The minimum absolute atomic E-state index is 0.0403. The van der Waals surface area contributed by atoms with Crippen LogP contribution in [0.2, 0.25) is 0 Å². The summed E-state index contributed by atoms with van der Waals surface area (Å²) < 4.78 is 0. The van der Waals surface area contributed by atoms with Crippen LogP contribution >= 0.6 is 0 Å². The second-order valence-corrected chi connectivity index (χ2v) is 3.63. The maximum Gasteiger partial charge on any atom is 0.307 e. The van der Waals surface area contributed by atoms with E-state index in [0.29, 0.717) is 18.7 Å². The van der Waals surface area contributed by atoms with Gasteiger partial charge in [0.25, 0.3) is 0 Å². The number of carbonyl (C=O) groups is 1. The lowest BCUT2D eigenvalue weighted by atomic mass is 10.1. The van der Waals surface area contributed by atoms with Gasteiger partial charge in [0.05, 0.1) is 19.6 Å². The highest BCUT2D eigenvalue weighted by Crippen LogP contribution is 2.20. The van der Waals surface area contributed by atoms with Crippen molar-refractivity contribution in [2.75, 3.05) is 31.2 Å². The van der Waals surface area contributed by atoms with Crippen LogP contribution in [0.3, 0.4) is 0 Å². The summed E-state index contributed by atoms with van der Waals surface area (Å²) in [7, 11) is 0. The number of hydrogen-bond acceptors (Lipinski definition) is 4. The minimum Gasteiger partial charge on any atom is -0.481 e. The Balaban J connectivity index is 2.95. The maximum atomic E-state index is 10.7. The van der Waals surface area contributed by atoms with Gasteiger partial charge in [0.1, 0.15) is 0 Å². The first-order valence-electron chi connectivity index (χ1n) is 5.45. The Hall–Kier alpha value is -1.59. The van der Waals surface area contributed by atoms with Crippen molar-refractivity contribution in [3.05, 3.63) is 29.8 Å². The number of rotatable bonds is 7. The lowest BCUT2D eigenvalue weighted by Crippen LogP contribution is -2.30. The number of aliphatic carboxylic acids is 1. The summed E-state index contributed by atoms with van der Waals surface area (Å²) in [5, 5.41) is 26.7. The van der Waals surface area contributed by atoms with Crippen LogP contribution in [0, 0.1) is 0 Å². The third-order valence-corrected chi connectivity index (χ3v) is 2.41. The topological polar surface area (TPSA) is 81.0 Å². The van der Waals surface area contributed by atoms with Crippen LogP contribution in [0.25, 0.3) is 0 Å². The molecule has 17 heavy (non-hydrogen) atoms. The first-order valence-corrected chi connectivity index (χ1v) is 5.45. The van der Waals surface area contributed by atoms with E-state index < -0.39 is 5.97 Å². The highest BCUT2D eigenvalue weighted by atomic mass is 16.4. The van der Waals surface area contributed by atoms with E-state index in [1.54, 1.807) is 23.1 Å². The van der Waals surface area contributed by atoms with Gasteiger partial charge in [-0.25, -0.2) is 0 Å². The van der Waals surface area contributed by atoms with Crippen LogP contribution < -0.4 is 4.90 Å². The van der Waals surface area contributed by atoms with Gasteiger partial charge in [-0.1, -0.05) is 18.2 Å². The van der Waals surface area contributed by atoms with Crippen molar-refractivity contribution in [3.8, 4) is 0 Å². The second kappa shape index (κ2) is 6.88. The molecule has 1 rings (SSSR count). The molecule has 0 unspecified atom stereocenters. The Kier molecular flexibility index (Phi) is 5.45. The van der Waals surface area contributed by atoms with Crippen molar-refractivity contribution in [3.63, 3.8) is 0 Å². The third-order valence-electron chi connectivity index (χ3n) is 2.41. The van der Waals surface area contributed by atoms with Crippen molar-refractivity contribution in [1.82, 2.24) is 0 Å². The molecule has 0 saturated heterocycles. The van der Waals surface area contributed by atoms with Crippen LogP contribution in [0.4, 0.5) is 5.69 Å². The van der Waals surface area contributed by atoms with Gasteiger partial charge in [0, 0.05) is 18.8 Å². The summed E-state index contributed by atoms with van der Waals surface area (Å²) in [6, 6.07) is 7.12. The summed E-state index contributed by atoms with van der Waals surface area (Å²) in [5.41, 5.74) is 1.43. The molecule has 0 atom stereocenters. The summed E-state index contributed by atoms with van der Waals surface area (Å²) in [4.78, 5) is 12.5. The molecular weight excluding hydrogens is 222 g/mol. The highest BCUT2D eigenvalue weighted by molar-refractivity contribution is 5.73. The van der Waals surface area contributed by atoms with E-state index in [0.717, 1.165) is 5.69 Å². The van der Waals surface area contributed by atoms with E-state index >= 15 is 0 Å². The molecule has 0 bridgehead atoms. The van der Waals surface area contributed by atoms with Crippen molar-refractivity contribution in [2.24, 2.45) is 0 Å². The van der Waals surface area contributed by atoms with E-state index in [1.807, 2.05) is 6.07 Å². The molecule has 94 valence electrons. The predicted molar refractivity (Wildman–Crippen MR) is 64.2 cm³/mol. The molecule has 0 radical (unpaired) electrons. The van der Waals surface area contributed by atoms with Crippen LogP contribution in [0.1, 0.15) is 5.56 Å². The lowest BCUT2D eigenvalue weighted by molar-refractivity contribution is -0.136. The summed E-state index contributed by atoms with van der Waals surface area (Å²) in [6.07, 6.45) is -0.0659. The monoisotopic (exact) mass is 239 g/mol. The predicted octanol–water partition coefficient (Wildman–Crippen LogP) is 0.105. The molecule has 0 saturated carbocycles. The zero-order chi connectivity index (χ0) is 12.7. The van der Waals surface area contributed by atoms with E-state index in [9.17, 15) is 4.79 Å². The number of nitrogens with zero attached hydrogens (tertiary/aromatic N) is 1. The Morgan fingerprint density at radius 1 is 1.12 bits per heavy atom. The molecule has 1 aromatic rings. The molecule has 0 spiro atoms. The van der Waals surface area contributed by atoms with Gasteiger partial charge in [-0.3, -0.25) is 4.79 Å². The SMILES string of the molecule is O=C(O)Cc1ccccc1N(CCO)CCO. The fourth-order valence-corrected chi connectivity index (χ4v) is 1.73. The normalized spacial score (nSPS) is 10.2. The fraction of sp³-hybridized carbons (Fsp3) is 0.417. The number of anilines is 1. The van der Waals surface area contributed by atoms with E-state index in [2.05, 4.69) is 0 Å². The van der Waals surface area contributed by atoms with Gasteiger partial charge < -0.3 is 20.2 Å². The molecule has 0 aliphatic heterocycles. The first kappa shape index (κ1) is 13.5. The molecule has 0 heterocycles. The molecule has 5 nitrogen and oxygen atoms in total. The minimum atomic E-state index is -0.898. The van der Waals surface area contributed by atoms with Gasteiger partial charge in [-0.15, -0.1) is 0 Å². The van der Waals surface area contributed by atoms with Crippen LogP contribution in [-0.4, -0.2) is 47.6 Å². The second-order valence-electron chi connectivity index (χ2n) is 3.63. The van der Waals surface area contributed by atoms with Crippen LogP contribution in [0.15, 0.2) is 24.3 Å². The van der Waals surface area contributed by atoms with Gasteiger partial charge in [0.15, 0.2) is 0 Å². The van der Waals surface area contributed by atoms with Crippen molar-refractivity contribution >= 4 is 11.7 Å². The standard InChI is InChI=1S/C12H17NO4/c14-7-5-13(6-8-15)11-4-2-1-3-10(11)9-12(16)17/h1-4,14-15H,5-9H2,(H,16,17). The Labute approximate surface area is 99.9 Å². The Morgan fingerprint density at radius 2 is 1.71 bits per heavy atom. The zero-order valence-corrected chi connectivity index (χ0v) is 9.54. The maximum absolute atomic E-state index is 10.7. The Morgan fingerprint density at radius 3 is 2.24 bits per heavy atom. The van der Waals surface area contributed by atoms with Crippen LogP contribution in [0.5, 0.6) is 0 Å². The number of carboxylic acid groups (broad SMARTS) is 1. The van der Waals surface area contributed by atoms with E-state index in [4.69, 9.17) is 15.3 Å². The smallest absolute Gasteiger partial charge is 0.307 e. The average Bonchev–Trinajstić information content (AvgIpc) is 2.29. The summed E-state index contributed by atoms with van der Waals surface area (Å²) in [6.45, 7) is 0.664. The zero-order valence-electron chi connectivity index (χ0n) is 9.54. The highest BCUT2D eigenvalue weighted by Gasteiger charge is 2.12. The number of para-hydroxylation sites is 1. The number of benzene rings is 1. The van der Waals surface area contributed by atoms with Gasteiger partial charge in [0.2, 0.25) is 0 Å². The lowest BCUT2D eigenvalue weighted by Gasteiger charge is -2.25. The fourth-order valence-electron chi connectivity index (χ4n) is 1.73. The molecule has 0 aliphatic carbocycles. The van der Waals surface area contributed by atoms with Gasteiger partial charge in [-0.2, -0.15) is 0 Å². The number of carboxylic acids is 1. The third kappa shape index (κ3) is 4.05. The molecule has 0 aromatic heterocycles. The van der Waals surface area contributed by atoms with Crippen molar-refractivity contribution < 1.29 is 20.1 Å². The number of hydrogen-bond donors (Lipinski definition) is 3. The Bertz CT molecular complexity index is 361. The van der Waals surface area contributed by atoms with Gasteiger partial charge >= 0.3 is 5.97 Å². The summed E-state index contributed by atoms with van der Waals surface area (Å²) >= 11 is 0. The quantitative estimate of drug-likeness (QED) is 0.629. The molecule has 1 aromatic carbocycles. The number of aliphatic hydroxyl groups excluding tert-OH is 2. The van der Waals surface area contributed by atoms with Crippen molar-refractivity contribution in [2.45, 2.75) is 6.42 Å². The van der Waals surface area contributed by atoms with E-state index in [-0.39, 0.29) is 19.6 Å². The molecule has 5 heteroatoms.